The molecule has 9 heterocycles. The first-order valence-corrected chi connectivity index (χ1v) is 43.2. The topological polar surface area (TPSA) is 659 Å². The molecule has 16 N–H and O–H groups in total. The zero-order valence-corrected chi connectivity index (χ0v) is 62.9. The van der Waals surface area contributed by atoms with E-state index in [9.17, 15) is 98.3 Å². The number of rotatable bonds is 23. The molecule has 6 aromatic heterocycles. The van der Waals surface area contributed by atoms with Gasteiger partial charge in [-0.15, -0.1) is 15.3 Å². The van der Waals surface area contributed by atoms with Crippen LogP contribution in [0.2, 0.25) is 15.9 Å². The van der Waals surface area contributed by atoms with Crippen LogP contribution < -0.4 is 21.3 Å². The molecule has 12 rings (SSSR count). The van der Waals surface area contributed by atoms with Gasteiger partial charge in [0, 0.05) is 31.6 Å². The van der Waals surface area contributed by atoms with Gasteiger partial charge in [-0.05, 0) is 94.1 Å². The highest BCUT2D eigenvalue weighted by atomic mass is 35.5. The first-order chi connectivity index (χ1) is 48.7. The predicted molar refractivity (Wildman–Crippen MR) is 363 cm³/mol. The Morgan fingerprint density at radius 2 is 0.819 bits per heavy atom. The highest BCUT2D eigenvalue weighted by Crippen LogP contribution is 2.56. The number of carbonyl (C=O) groups excluding carboxylic acids is 1. The molecule has 3 saturated heterocycles. The van der Waals surface area contributed by atoms with Gasteiger partial charge in [-0.25, -0.2) is 29.6 Å². The van der Waals surface area contributed by atoms with E-state index in [-0.39, 0.29) is 74.4 Å². The molecule has 1 amide bonds. The highest BCUT2D eigenvalue weighted by Gasteiger charge is 2.59. The number of amides is 1. The first-order valence-electron chi connectivity index (χ1n) is 32.2. The standard InChI is InChI=1S/C18H27ClN7O9PS.C17H26ClN6O8PS.C16H23ClFN6O8PS/c1-8(27)20-6-11(36(30,31)32)37(33,34)7-10-13(28)14(29)17(35-10)26-16-12(24-25-26)15(22-18(19)23-16)21-9-4-2-3-5-9;1-17(2,33(27,28)29)34(30,31)7-9-11(25)12(26)15(32-9)24-14-10(22-23-24)13(20-16(18)21-14)19-8-5-3-4-6-8;1-16(18,33(27,28)29)34(30,31)6-8-10(25)11(26)14(32-8)24-13-9(22-23-24)12(20-15(17)21-13)19-7-4-2-3-5-7/h9-11,13-14,17,28-29H,2-7H2,1H3,(H,20,27)(H,21,22,23)(H2,30,31,32);8-9,11-12,15,25-26H,3-7H2,1-2H3,(H,19,20,21)(H2,27,28,29);7-8,10-11,14,25-26H,2-6H2,1H3,(H,19,20,21)(H2,27,28,29)/t10-,11?,13-,14-,17-;9-,11-,12-,15-;8-,10-,11-,14-,16?/m111/s1. The number of fused-ring (bicyclic) bond motifs is 3. The minimum atomic E-state index is -5.72. The van der Waals surface area contributed by atoms with E-state index in [0.29, 0.717) is 17.5 Å². The van der Waals surface area contributed by atoms with Crippen LogP contribution in [-0.4, -0.2) is 277 Å². The normalized spacial score (nSPS) is 27.1. The molecule has 3 aliphatic carbocycles. The number of anilines is 3. The van der Waals surface area contributed by atoms with Crippen molar-refractivity contribution in [1.82, 2.24) is 80.2 Å². The van der Waals surface area contributed by atoms with E-state index in [1.54, 1.807) is 0 Å². The Morgan fingerprint density at radius 3 is 1.10 bits per heavy atom. The van der Waals surface area contributed by atoms with Crippen LogP contribution in [0.5, 0.6) is 0 Å². The van der Waals surface area contributed by atoms with Crippen LogP contribution in [0.1, 0.15) is 123 Å². The summed E-state index contributed by atoms with van der Waals surface area (Å²) < 4.78 is 139. The summed E-state index contributed by atoms with van der Waals surface area (Å²) in [5.74, 6) is -3.05. The van der Waals surface area contributed by atoms with Gasteiger partial charge in [0.15, 0.2) is 109 Å². The summed E-state index contributed by atoms with van der Waals surface area (Å²) in [7, 11) is -30.3. The number of halogens is 4. The monoisotopic (exact) mass is 1670 g/mol. The summed E-state index contributed by atoms with van der Waals surface area (Å²) in [4.78, 5) is 89.9. The lowest BCUT2D eigenvalue weighted by Crippen LogP contribution is -2.42. The first kappa shape index (κ1) is 82.5. The smallest absolute Gasteiger partial charge is 0.377 e. The molecule has 586 valence electrons. The van der Waals surface area contributed by atoms with Crippen LogP contribution in [0.15, 0.2) is 0 Å². The molecule has 0 aromatic carbocycles. The molecule has 0 radical (unpaired) electrons. The van der Waals surface area contributed by atoms with Crippen LogP contribution in [-0.2, 0) is 62.2 Å². The Bertz CT molecular complexity index is 4510. The van der Waals surface area contributed by atoms with Gasteiger partial charge in [0.05, 0.1) is 17.3 Å². The van der Waals surface area contributed by atoms with Gasteiger partial charge in [-0.3, -0.25) is 18.5 Å². The number of aliphatic hydroxyl groups is 6. The van der Waals surface area contributed by atoms with Gasteiger partial charge >= 0.3 is 27.5 Å². The van der Waals surface area contributed by atoms with Crippen LogP contribution in [0, 0.1) is 0 Å². The fourth-order valence-corrected chi connectivity index (χ4v) is 21.9. The van der Waals surface area contributed by atoms with Gasteiger partial charge in [0.1, 0.15) is 54.9 Å². The lowest BCUT2D eigenvalue weighted by molar-refractivity contribution is -0.118. The van der Waals surface area contributed by atoms with Crippen molar-refractivity contribution >= 4 is 144 Å². The molecule has 44 nitrogen and oxygen atoms in total. The lowest BCUT2D eigenvalue weighted by atomic mass is 10.1. The molecule has 6 aliphatic rings. The summed E-state index contributed by atoms with van der Waals surface area (Å²) in [5.41, 5.74) is 0.825. The van der Waals surface area contributed by atoms with Crippen LogP contribution in [0.4, 0.5) is 21.8 Å². The number of hydrogen-bond donors (Lipinski definition) is 16. The lowest BCUT2D eigenvalue weighted by Gasteiger charge is -2.27. The van der Waals surface area contributed by atoms with E-state index < -0.39 is 170 Å². The molecule has 0 bridgehead atoms. The minimum absolute atomic E-state index is 0.0193. The van der Waals surface area contributed by atoms with Gasteiger partial charge in [0.25, 0.3) is 0 Å². The fraction of sp³-hybridized carbons (Fsp3) is 0.745. The summed E-state index contributed by atoms with van der Waals surface area (Å²) in [6.45, 7) is 2.21. The maximum absolute atomic E-state index is 14.5. The van der Waals surface area contributed by atoms with Crippen molar-refractivity contribution in [2.75, 3.05) is 39.8 Å². The molecular weight excluding hydrogens is 1590 g/mol. The summed E-state index contributed by atoms with van der Waals surface area (Å²) in [6, 6.07) is 0.484. The largest absolute Gasteiger partial charge is 0.387 e. The number of sulfone groups is 3. The fourth-order valence-electron chi connectivity index (χ4n) is 12.4. The van der Waals surface area contributed by atoms with Gasteiger partial charge in [0.2, 0.25) is 21.8 Å². The third-order valence-corrected chi connectivity index (χ3v) is 33.5. The average Bonchev–Trinajstić information content (AvgIpc) is 1.65. The molecule has 14 atom stereocenters. The summed E-state index contributed by atoms with van der Waals surface area (Å²) >= 11 is 18.2. The number of aliphatic hydroxyl groups excluding tert-OH is 6. The average molecular weight is 1670 g/mol. The Labute approximate surface area is 609 Å². The number of hydrogen-bond acceptors (Lipinski definition) is 34. The maximum atomic E-state index is 14.5. The third kappa shape index (κ3) is 17.5. The number of carbonyl (C=O) groups is 1. The molecule has 2 unspecified atom stereocenters. The Kier molecular flexibility index (Phi) is 24.7. The third-order valence-electron chi connectivity index (χ3n) is 18.7. The van der Waals surface area contributed by atoms with Crippen LogP contribution in [0.3, 0.4) is 0 Å². The van der Waals surface area contributed by atoms with E-state index in [4.69, 9.17) is 58.8 Å². The number of nitrogens with one attached hydrogen (secondary N) is 4. The zero-order valence-electron chi connectivity index (χ0n) is 55.5. The van der Waals surface area contributed by atoms with E-state index >= 15 is 0 Å². The molecule has 0 spiro atoms. The van der Waals surface area contributed by atoms with Crippen molar-refractivity contribution in [3.8, 4) is 0 Å². The van der Waals surface area contributed by atoms with E-state index in [1.807, 2.05) is 0 Å². The number of nitrogens with zero attached hydrogens (tertiary/aromatic N) is 15. The Balaban J connectivity index is 0.000000169. The Hall–Kier alpha value is -4.95. The SMILES string of the molecule is CC(=O)NCC(P(=O)(O)O)S(=O)(=O)C[C@H]1O[C@@H](n2nnc3c(NC4CCCC4)nc(Cl)nc32)[C@H](O)[C@@H]1O.CC(C)(P(=O)(O)O)S(=O)(=O)C[C@H]1O[C@@H](n2nnc3c(NC4CCCC4)nc(Cl)nc32)[C@H](O)[C@@H]1O.CC(F)(P(=O)(O)O)S(=O)(=O)C[C@H]1O[C@@H](n2nnc3c(NC4CCCC4)nc(Cl)nc32)[C@H](O)[C@@H]1O. The number of alkyl halides is 1. The second kappa shape index (κ2) is 31.4. The molecule has 3 saturated carbocycles. The molecular formula is C51H76Cl3FN19O25P3S3. The molecule has 3 aliphatic heterocycles. The number of aromatic nitrogens is 15. The van der Waals surface area contributed by atoms with Gasteiger partial charge < -0.3 is 95.5 Å². The second-order valence-corrected chi connectivity index (χ2v) is 41.5. The van der Waals surface area contributed by atoms with Crippen LogP contribution >= 0.6 is 57.6 Å². The second-order valence-electron chi connectivity index (χ2n) is 26.4. The van der Waals surface area contributed by atoms with Crippen molar-refractivity contribution in [3.63, 3.8) is 0 Å². The Morgan fingerprint density at radius 1 is 0.514 bits per heavy atom. The number of ether oxygens (including phenoxy) is 3. The van der Waals surface area contributed by atoms with E-state index in [1.165, 1.54) is 0 Å². The molecule has 105 heavy (non-hydrogen) atoms. The van der Waals surface area contributed by atoms with Crippen molar-refractivity contribution in [1.29, 1.82) is 0 Å². The quantitative estimate of drug-likeness (QED) is 0.0275. The van der Waals surface area contributed by atoms with E-state index in [0.717, 1.165) is 112 Å². The van der Waals surface area contributed by atoms with Crippen molar-refractivity contribution < 1.29 is 122 Å². The summed E-state index contributed by atoms with van der Waals surface area (Å²) in [6.07, 6.45) is -7.59. The molecule has 6 aromatic rings. The van der Waals surface area contributed by atoms with Crippen LogP contribution in [0.25, 0.3) is 33.5 Å². The zero-order chi connectivity index (χ0) is 77.2. The van der Waals surface area contributed by atoms with Gasteiger partial charge in [-0.1, -0.05) is 54.2 Å². The van der Waals surface area contributed by atoms with Crippen molar-refractivity contribution in [3.05, 3.63) is 15.9 Å². The maximum Gasteiger partial charge on any atom is 0.377 e. The molecule has 54 heteroatoms. The highest BCUT2D eigenvalue weighted by molar-refractivity contribution is 8.00. The van der Waals surface area contributed by atoms with Gasteiger partial charge in [-0.2, -0.15) is 43.9 Å². The van der Waals surface area contributed by atoms with E-state index in [2.05, 4.69) is 82.1 Å². The predicted octanol–water partition coefficient (Wildman–Crippen LogP) is -0.836. The minimum Gasteiger partial charge on any atom is -0.387 e. The summed E-state index contributed by atoms with van der Waals surface area (Å²) in [5, 5.41) is 98.3. The van der Waals surface area contributed by atoms with Crippen molar-refractivity contribution in [2.24, 2.45) is 0 Å². The van der Waals surface area contributed by atoms with Crippen molar-refractivity contribution in [2.45, 2.75) is 211 Å². The molecule has 6 fully saturated rings.